The molecule has 4 nitrogen and oxygen atoms in total. The molecule has 0 fully saturated rings. The fourth-order valence-corrected chi connectivity index (χ4v) is 2.38. The third kappa shape index (κ3) is 2.42. The number of aldehydes is 1. The van der Waals surface area contributed by atoms with Crippen LogP contribution in [0, 0.1) is 0 Å². The topological polar surface area (TPSA) is 66.4 Å². The van der Waals surface area contributed by atoms with E-state index in [9.17, 15) is 14.7 Å². The molecule has 0 aliphatic carbocycles. The molecule has 0 radical (unpaired) electrons. The number of amides is 1. The highest BCUT2D eigenvalue weighted by Crippen LogP contribution is 2.30. The quantitative estimate of drug-likeness (QED) is 0.724. The molecule has 0 spiro atoms. The van der Waals surface area contributed by atoms with Gasteiger partial charge in [0.05, 0.1) is 11.1 Å². The van der Waals surface area contributed by atoms with Gasteiger partial charge in [-0.2, -0.15) is 0 Å². The van der Waals surface area contributed by atoms with Crippen LogP contribution < -0.4 is 5.32 Å². The lowest BCUT2D eigenvalue weighted by Crippen LogP contribution is -2.12. The van der Waals surface area contributed by atoms with Crippen LogP contribution in [-0.4, -0.2) is 17.3 Å². The first-order valence-corrected chi connectivity index (χ1v) is 6.77. The van der Waals surface area contributed by atoms with E-state index in [0.29, 0.717) is 17.4 Å². The number of rotatable bonds is 3. The van der Waals surface area contributed by atoms with Crippen molar-refractivity contribution in [2.24, 2.45) is 0 Å². The van der Waals surface area contributed by atoms with Gasteiger partial charge in [0.15, 0.2) is 6.29 Å². The number of benzene rings is 3. The monoisotopic (exact) mass is 291 g/mol. The number of hydrogen-bond acceptors (Lipinski definition) is 3. The summed E-state index contributed by atoms with van der Waals surface area (Å²) in [7, 11) is 0. The van der Waals surface area contributed by atoms with Crippen molar-refractivity contribution in [3.05, 3.63) is 71.8 Å². The number of hydrogen-bond donors (Lipinski definition) is 2. The van der Waals surface area contributed by atoms with E-state index in [1.807, 2.05) is 12.1 Å². The first kappa shape index (κ1) is 13.8. The van der Waals surface area contributed by atoms with Crippen LogP contribution in [0.3, 0.4) is 0 Å². The average Bonchev–Trinajstić information content (AvgIpc) is 2.55. The minimum atomic E-state index is -0.461. The molecule has 108 valence electrons. The van der Waals surface area contributed by atoms with Crippen LogP contribution in [0.5, 0.6) is 5.75 Å². The molecule has 0 heterocycles. The van der Waals surface area contributed by atoms with Gasteiger partial charge < -0.3 is 10.4 Å². The smallest absolute Gasteiger partial charge is 0.259 e. The Bertz CT molecular complexity index is 857. The summed E-state index contributed by atoms with van der Waals surface area (Å²) in [6, 6.07) is 17.6. The van der Waals surface area contributed by atoms with Crippen LogP contribution in [0.25, 0.3) is 10.8 Å². The number of carbonyl (C=O) groups excluding carboxylic acids is 2. The Morgan fingerprint density at radius 2 is 1.68 bits per heavy atom. The van der Waals surface area contributed by atoms with Crippen molar-refractivity contribution in [1.82, 2.24) is 0 Å². The van der Waals surface area contributed by atoms with Gasteiger partial charge in [0.2, 0.25) is 0 Å². The lowest BCUT2D eigenvalue weighted by molar-refractivity contribution is 0.102. The third-order valence-electron chi connectivity index (χ3n) is 3.46. The van der Waals surface area contributed by atoms with Crippen molar-refractivity contribution in [3.8, 4) is 5.75 Å². The molecule has 4 heteroatoms. The van der Waals surface area contributed by atoms with Crippen molar-refractivity contribution in [1.29, 1.82) is 0 Å². The Labute approximate surface area is 127 Å². The number of aromatic hydroxyl groups is 1. The van der Waals surface area contributed by atoms with Crippen molar-refractivity contribution in [2.75, 3.05) is 5.32 Å². The van der Waals surface area contributed by atoms with E-state index in [1.54, 1.807) is 48.5 Å². The maximum atomic E-state index is 12.4. The predicted molar refractivity (Wildman–Crippen MR) is 85.4 cm³/mol. The van der Waals surface area contributed by atoms with Crippen LogP contribution in [0.4, 0.5) is 5.69 Å². The normalized spacial score (nSPS) is 10.4. The highest BCUT2D eigenvalue weighted by Gasteiger charge is 2.17. The van der Waals surface area contributed by atoms with E-state index < -0.39 is 5.91 Å². The zero-order chi connectivity index (χ0) is 15.5. The molecule has 22 heavy (non-hydrogen) atoms. The van der Waals surface area contributed by atoms with E-state index >= 15 is 0 Å². The van der Waals surface area contributed by atoms with Gasteiger partial charge in [0.25, 0.3) is 5.91 Å². The van der Waals surface area contributed by atoms with Gasteiger partial charge in [-0.25, -0.2) is 0 Å². The van der Waals surface area contributed by atoms with E-state index in [0.717, 1.165) is 5.39 Å². The van der Waals surface area contributed by atoms with Gasteiger partial charge in [0, 0.05) is 5.69 Å². The Balaban J connectivity index is 2.08. The zero-order valence-corrected chi connectivity index (χ0v) is 11.6. The van der Waals surface area contributed by atoms with E-state index in [4.69, 9.17) is 0 Å². The number of anilines is 1. The summed E-state index contributed by atoms with van der Waals surface area (Å²) in [5, 5.41) is 14.3. The van der Waals surface area contributed by atoms with Crippen molar-refractivity contribution < 1.29 is 14.7 Å². The average molecular weight is 291 g/mol. The first-order chi connectivity index (χ1) is 10.7. The molecular formula is C18H13NO3. The summed E-state index contributed by atoms with van der Waals surface area (Å²) in [4.78, 5) is 23.6. The second-order valence-electron chi connectivity index (χ2n) is 4.85. The number of phenols is 1. The molecule has 0 bridgehead atoms. The van der Waals surface area contributed by atoms with Crippen LogP contribution in [0.15, 0.2) is 60.7 Å². The van der Waals surface area contributed by atoms with Gasteiger partial charge in [-0.15, -0.1) is 0 Å². The van der Waals surface area contributed by atoms with E-state index in [2.05, 4.69) is 5.32 Å². The van der Waals surface area contributed by atoms with Gasteiger partial charge in [-0.3, -0.25) is 9.59 Å². The maximum Gasteiger partial charge on any atom is 0.259 e. The standard InChI is InChI=1S/C18H13NO3/c20-11-16-14-9-5-4-6-12(14)10-15(17(16)21)18(22)19-13-7-2-1-3-8-13/h1-11,21H,(H,19,22). The Hall–Kier alpha value is -3.14. The van der Waals surface area contributed by atoms with Crippen LogP contribution >= 0.6 is 0 Å². The second kappa shape index (κ2) is 5.69. The highest BCUT2D eigenvalue weighted by molar-refractivity contribution is 6.12. The van der Waals surface area contributed by atoms with Crippen LogP contribution in [-0.2, 0) is 0 Å². The molecule has 0 aliphatic heterocycles. The fraction of sp³-hybridized carbons (Fsp3) is 0. The molecule has 3 aromatic rings. The second-order valence-corrected chi connectivity index (χ2v) is 4.85. The van der Waals surface area contributed by atoms with Gasteiger partial charge in [-0.05, 0) is 29.0 Å². The minimum absolute atomic E-state index is 0.0738. The SMILES string of the molecule is O=Cc1c(O)c(C(=O)Nc2ccccc2)cc2ccccc12. The van der Waals surface area contributed by atoms with Crippen molar-refractivity contribution in [3.63, 3.8) is 0 Å². The van der Waals surface area contributed by atoms with Crippen LogP contribution in [0.1, 0.15) is 20.7 Å². The molecule has 0 unspecified atom stereocenters. The predicted octanol–water partition coefficient (Wildman–Crippen LogP) is 3.61. The van der Waals surface area contributed by atoms with E-state index in [1.165, 1.54) is 0 Å². The van der Waals surface area contributed by atoms with Gasteiger partial charge in [-0.1, -0.05) is 42.5 Å². The minimum Gasteiger partial charge on any atom is -0.506 e. The number of nitrogens with one attached hydrogen (secondary N) is 1. The summed E-state index contributed by atoms with van der Waals surface area (Å²) >= 11 is 0. The third-order valence-corrected chi connectivity index (χ3v) is 3.46. The number of para-hydroxylation sites is 1. The number of fused-ring (bicyclic) bond motifs is 1. The summed E-state index contributed by atoms with van der Waals surface area (Å²) in [5.41, 5.74) is 0.814. The van der Waals surface area contributed by atoms with Gasteiger partial charge in [0.1, 0.15) is 5.75 Å². The summed E-state index contributed by atoms with van der Waals surface area (Å²) < 4.78 is 0. The molecule has 0 saturated heterocycles. The van der Waals surface area contributed by atoms with E-state index in [-0.39, 0.29) is 16.9 Å². The lowest BCUT2D eigenvalue weighted by Gasteiger charge is -2.11. The molecule has 0 saturated carbocycles. The largest absolute Gasteiger partial charge is 0.506 e. The molecule has 3 rings (SSSR count). The Kier molecular flexibility index (Phi) is 3.58. The Morgan fingerprint density at radius 1 is 1.00 bits per heavy atom. The van der Waals surface area contributed by atoms with Crippen LogP contribution in [0.2, 0.25) is 0 Å². The Morgan fingerprint density at radius 3 is 2.41 bits per heavy atom. The summed E-state index contributed by atoms with van der Waals surface area (Å²) in [6.45, 7) is 0. The molecule has 0 atom stereocenters. The maximum absolute atomic E-state index is 12.4. The summed E-state index contributed by atoms with van der Waals surface area (Å²) in [5.74, 6) is -0.764. The lowest BCUT2D eigenvalue weighted by atomic mass is 9.99. The molecule has 3 aromatic carbocycles. The fourth-order valence-electron chi connectivity index (χ4n) is 2.38. The number of phenolic OH excluding ortho intramolecular Hbond substituents is 1. The van der Waals surface area contributed by atoms with Crippen molar-refractivity contribution >= 4 is 28.7 Å². The molecule has 0 aliphatic rings. The molecule has 2 N–H and O–H groups in total. The first-order valence-electron chi connectivity index (χ1n) is 6.77. The molecule has 0 aromatic heterocycles. The number of carbonyl (C=O) groups is 2. The van der Waals surface area contributed by atoms with Gasteiger partial charge >= 0.3 is 0 Å². The summed E-state index contributed by atoms with van der Waals surface area (Å²) in [6.07, 6.45) is 0.566. The highest BCUT2D eigenvalue weighted by atomic mass is 16.3. The zero-order valence-electron chi connectivity index (χ0n) is 11.6. The molecular weight excluding hydrogens is 278 g/mol. The molecule has 1 amide bonds. The van der Waals surface area contributed by atoms with Crippen molar-refractivity contribution in [2.45, 2.75) is 0 Å².